The van der Waals surface area contributed by atoms with E-state index in [4.69, 9.17) is 4.42 Å². The van der Waals surface area contributed by atoms with Gasteiger partial charge in [0, 0.05) is 5.39 Å². The Morgan fingerprint density at radius 3 is 2.62 bits per heavy atom. The van der Waals surface area contributed by atoms with Gasteiger partial charge in [-0.15, -0.1) is 0 Å². The second kappa shape index (κ2) is 3.93. The SMILES string of the molecule is O=c1[nH]c(=O)c2c([nH]1)oc1ccccc12.[Na+]. The van der Waals surface area contributed by atoms with Crippen molar-refractivity contribution in [2.75, 3.05) is 0 Å². The molecule has 2 aromatic heterocycles. The molecule has 0 aliphatic carbocycles. The molecule has 0 atom stereocenters. The molecule has 2 heterocycles. The number of fused-ring (bicyclic) bond motifs is 3. The van der Waals surface area contributed by atoms with Crippen LogP contribution in [0.1, 0.15) is 0 Å². The maximum atomic E-state index is 11.5. The van der Waals surface area contributed by atoms with Crippen LogP contribution in [0.5, 0.6) is 0 Å². The number of H-pyrrole nitrogens is 2. The zero-order valence-corrected chi connectivity index (χ0v) is 10.5. The molecule has 0 aliphatic heterocycles. The standard InChI is InChI=1S/C10H6N2O3.Na/c13-8-7-5-3-1-2-4-6(5)15-9(7)12-10(14)11-8;/h1-4H,(H2,11,12,13,14);/q;+1. The number of para-hydroxylation sites is 1. The van der Waals surface area contributed by atoms with Gasteiger partial charge in [-0.1, -0.05) is 18.2 Å². The van der Waals surface area contributed by atoms with Crippen LogP contribution in [-0.4, -0.2) is 9.97 Å². The molecule has 16 heavy (non-hydrogen) atoms. The first-order chi connectivity index (χ1) is 7.25. The summed E-state index contributed by atoms with van der Waals surface area (Å²) < 4.78 is 5.34. The first-order valence-electron chi connectivity index (χ1n) is 4.39. The van der Waals surface area contributed by atoms with Crippen molar-refractivity contribution >= 4 is 22.1 Å². The van der Waals surface area contributed by atoms with E-state index in [1.807, 2.05) is 6.07 Å². The molecular formula is C10H6N2NaO3+. The summed E-state index contributed by atoms with van der Waals surface area (Å²) in [5.41, 5.74) is -0.199. The van der Waals surface area contributed by atoms with Gasteiger partial charge in [0.25, 0.3) is 5.56 Å². The van der Waals surface area contributed by atoms with Crippen LogP contribution in [0, 0.1) is 0 Å². The number of aromatic nitrogens is 2. The molecule has 3 aromatic rings. The van der Waals surface area contributed by atoms with Crippen LogP contribution in [0.25, 0.3) is 22.1 Å². The maximum absolute atomic E-state index is 11.5. The number of rotatable bonds is 0. The van der Waals surface area contributed by atoms with Gasteiger partial charge in [-0.3, -0.25) is 14.8 Å². The summed E-state index contributed by atoms with van der Waals surface area (Å²) in [4.78, 5) is 27.2. The van der Waals surface area contributed by atoms with Gasteiger partial charge in [0.15, 0.2) is 0 Å². The molecule has 0 radical (unpaired) electrons. The molecule has 74 valence electrons. The minimum atomic E-state index is -0.563. The molecule has 0 fully saturated rings. The smallest absolute Gasteiger partial charge is 0.439 e. The molecule has 0 bridgehead atoms. The molecule has 1 aromatic carbocycles. The van der Waals surface area contributed by atoms with Crippen LogP contribution < -0.4 is 40.8 Å². The van der Waals surface area contributed by atoms with Crippen molar-refractivity contribution in [3.05, 3.63) is 45.1 Å². The van der Waals surface area contributed by atoms with Crippen molar-refractivity contribution in [1.29, 1.82) is 0 Å². The van der Waals surface area contributed by atoms with Crippen molar-refractivity contribution in [2.45, 2.75) is 0 Å². The van der Waals surface area contributed by atoms with E-state index >= 15 is 0 Å². The number of hydrogen-bond donors (Lipinski definition) is 2. The van der Waals surface area contributed by atoms with E-state index in [1.165, 1.54) is 0 Å². The van der Waals surface area contributed by atoms with Crippen LogP contribution >= 0.6 is 0 Å². The monoisotopic (exact) mass is 225 g/mol. The number of aromatic amines is 2. The fourth-order valence-electron chi connectivity index (χ4n) is 1.66. The Labute approximate surface area is 111 Å². The molecule has 0 saturated carbocycles. The van der Waals surface area contributed by atoms with Gasteiger partial charge in [0.2, 0.25) is 5.71 Å². The minimum absolute atomic E-state index is 0. The van der Waals surface area contributed by atoms with Gasteiger partial charge < -0.3 is 4.42 Å². The Morgan fingerprint density at radius 2 is 1.81 bits per heavy atom. The summed E-state index contributed by atoms with van der Waals surface area (Å²) in [5, 5.41) is 1.08. The van der Waals surface area contributed by atoms with Crippen LogP contribution in [0.4, 0.5) is 0 Å². The van der Waals surface area contributed by atoms with Gasteiger partial charge in [-0.25, -0.2) is 4.79 Å². The fraction of sp³-hybridized carbons (Fsp3) is 0. The van der Waals surface area contributed by atoms with Crippen LogP contribution in [0.3, 0.4) is 0 Å². The van der Waals surface area contributed by atoms with E-state index in [-0.39, 0.29) is 35.3 Å². The quantitative estimate of drug-likeness (QED) is 0.433. The first-order valence-corrected chi connectivity index (χ1v) is 4.39. The Balaban J connectivity index is 0.000000963. The zero-order valence-electron chi connectivity index (χ0n) is 8.53. The van der Waals surface area contributed by atoms with E-state index in [2.05, 4.69) is 9.97 Å². The molecule has 0 unspecified atom stereocenters. The average Bonchev–Trinajstić information content (AvgIpc) is 2.54. The molecule has 5 nitrogen and oxygen atoms in total. The first kappa shape index (κ1) is 11.2. The van der Waals surface area contributed by atoms with Crippen molar-refractivity contribution in [1.82, 2.24) is 9.97 Å². The Bertz CT molecular complexity index is 769. The number of nitrogens with one attached hydrogen (secondary N) is 2. The maximum Gasteiger partial charge on any atom is 1.00 e. The molecule has 0 saturated heterocycles. The van der Waals surface area contributed by atoms with Crippen molar-refractivity contribution < 1.29 is 34.0 Å². The third-order valence-electron chi connectivity index (χ3n) is 2.28. The van der Waals surface area contributed by atoms with Crippen molar-refractivity contribution in [3.8, 4) is 0 Å². The summed E-state index contributed by atoms with van der Waals surface area (Å²) >= 11 is 0. The van der Waals surface area contributed by atoms with Gasteiger partial charge in [0.05, 0.1) is 0 Å². The fourth-order valence-corrected chi connectivity index (χ4v) is 1.66. The number of benzene rings is 1. The van der Waals surface area contributed by atoms with Gasteiger partial charge in [-0.05, 0) is 6.07 Å². The predicted molar refractivity (Wildman–Crippen MR) is 55.0 cm³/mol. The second-order valence-electron chi connectivity index (χ2n) is 3.21. The average molecular weight is 225 g/mol. The minimum Gasteiger partial charge on any atom is -0.439 e. The van der Waals surface area contributed by atoms with Crippen molar-refractivity contribution in [2.24, 2.45) is 0 Å². The number of furan rings is 1. The van der Waals surface area contributed by atoms with Gasteiger partial charge in [-0.2, -0.15) is 0 Å². The molecular weight excluding hydrogens is 219 g/mol. The summed E-state index contributed by atoms with van der Waals surface area (Å²) in [5.74, 6) is 0. The summed E-state index contributed by atoms with van der Waals surface area (Å²) in [6.45, 7) is 0. The molecule has 0 aliphatic rings. The van der Waals surface area contributed by atoms with Crippen LogP contribution in [0.2, 0.25) is 0 Å². The van der Waals surface area contributed by atoms with E-state index in [9.17, 15) is 9.59 Å². The molecule has 0 amide bonds. The third-order valence-corrected chi connectivity index (χ3v) is 2.28. The Kier molecular flexibility index (Phi) is 2.75. The summed E-state index contributed by atoms with van der Waals surface area (Å²) in [6.07, 6.45) is 0. The largest absolute Gasteiger partial charge is 1.00 e. The summed E-state index contributed by atoms with van der Waals surface area (Å²) in [6, 6.07) is 7.13. The predicted octanol–water partition coefficient (Wildman–Crippen LogP) is -2.03. The molecule has 2 N–H and O–H groups in total. The third kappa shape index (κ3) is 1.53. The Morgan fingerprint density at radius 1 is 1.06 bits per heavy atom. The van der Waals surface area contributed by atoms with E-state index in [0.29, 0.717) is 16.4 Å². The van der Waals surface area contributed by atoms with E-state index in [1.54, 1.807) is 18.2 Å². The van der Waals surface area contributed by atoms with Crippen LogP contribution in [0.15, 0.2) is 38.3 Å². The van der Waals surface area contributed by atoms with Gasteiger partial charge in [0.1, 0.15) is 11.0 Å². The zero-order chi connectivity index (χ0) is 10.4. The van der Waals surface area contributed by atoms with E-state index < -0.39 is 11.2 Å². The van der Waals surface area contributed by atoms with Crippen molar-refractivity contribution in [3.63, 3.8) is 0 Å². The summed E-state index contributed by atoms with van der Waals surface area (Å²) in [7, 11) is 0. The molecule has 6 heteroatoms. The molecule has 0 spiro atoms. The number of hydrogen-bond acceptors (Lipinski definition) is 3. The van der Waals surface area contributed by atoms with Gasteiger partial charge >= 0.3 is 35.2 Å². The topological polar surface area (TPSA) is 78.9 Å². The normalized spacial score (nSPS) is 10.5. The molecule has 3 rings (SSSR count). The second-order valence-corrected chi connectivity index (χ2v) is 3.21. The van der Waals surface area contributed by atoms with E-state index in [0.717, 1.165) is 0 Å². The van der Waals surface area contributed by atoms with Crippen LogP contribution in [-0.2, 0) is 0 Å². The Hall–Kier alpha value is -1.30.